The molecule has 2 rings (SSSR count). The molecule has 0 aromatic heterocycles. The van der Waals surface area contributed by atoms with Crippen LogP contribution >= 0.6 is 0 Å². The highest BCUT2D eigenvalue weighted by Gasteiger charge is 2.40. The van der Waals surface area contributed by atoms with E-state index in [1.54, 1.807) is 18.2 Å². The summed E-state index contributed by atoms with van der Waals surface area (Å²) >= 11 is 0. The van der Waals surface area contributed by atoms with E-state index in [0.717, 1.165) is 12.0 Å². The molecule has 0 saturated carbocycles. The Hall–Kier alpha value is -3.29. The number of aryl methyl sites for hydroxylation is 1. The number of rotatable bonds is 8. The average Bonchev–Trinajstić information content (AvgIpc) is 2.68. The maximum atomic E-state index is 11.6. The molecule has 0 amide bonds. The van der Waals surface area contributed by atoms with Crippen LogP contribution in [0.4, 0.5) is 11.4 Å². The van der Waals surface area contributed by atoms with Gasteiger partial charge >= 0.3 is 5.97 Å². The first kappa shape index (κ1) is 21.0. The highest BCUT2D eigenvalue weighted by molar-refractivity contribution is 5.86. The van der Waals surface area contributed by atoms with Gasteiger partial charge in [0.2, 0.25) is 5.54 Å². The summed E-state index contributed by atoms with van der Waals surface area (Å²) in [6.07, 6.45) is 5.64. The van der Waals surface area contributed by atoms with Crippen LogP contribution in [0.25, 0.3) is 0 Å². The Labute approximate surface area is 163 Å². The molecule has 8 heteroatoms. The van der Waals surface area contributed by atoms with E-state index in [4.69, 9.17) is 10.5 Å². The van der Waals surface area contributed by atoms with Crippen molar-refractivity contribution in [3.8, 4) is 0 Å². The number of carbonyl (C=O) groups excluding carboxylic acids is 1. The minimum absolute atomic E-state index is 0.0575. The predicted octanol–water partition coefficient (Wildman–Crippen LogP) is 4.28. The van der Waals surface area contributed by atoms with Crippen LogP contribution in [0.2, 0.25) is 0 Å². The summed E-state index contributed by atoms with van der Waals surface area (Å²) in [7, 11) is 0. The van der Waals surface area contributed by atoms with E-state index in [-0.39, 0.29) is 29.9 Å². The van der Waals surface area contributed by atoms with Gasteiger partial charge in [0.1, 0.15) is 5.69 Å². The summed E-state index contributed by atoms with van der Waals surface area (Å²) in [5, 5.41) is 19.9. The van der Waals surface area contributed by atoms with Crippen molar-refractivity contribution in [1.82, 2.24) is 0 Å². The number of hydrogen-bond donors (Lipinski definition) is 1. The van der Waals surface area contributed by atoms with Crippen LogP contribution < -0.4 is 5.73 Å². The third-order valence-electron chi connectivity index (χ3n) is 4.54. The van der Waals surface area contributed by atoms with Crippen molar-refractivity contribution < 1.29 is 14.5 Å². The van der Waals surface area contributed by atoms with Crippen molar-refractivity contribution in [2.45, 2.75) is 38.6 Å². The Morgan fingerprint density at radius 1 is 1.43 bits per heavy atom. The van der Waals surface area contributed by atoms with Crippen LogP contribution in [-0.2, 0) is 16.0 Å². The van der Waals surface area contributed by atoms with Crippen molar-refractivity contribution in [2.75, 3.05) is 12.3 Å². The number of benzene rings is 1. The van der Waals surface area contributed by atoms with Gasteiger partial charge in [-0.15, -0.1) is 5.11 Å². The van der Waals surface area contributed by atoms with Crippen molar-refractivity contribution in [3.63, 3.8) is 0 Å². The predicted molar refractivity (Wildman–Crippen MR) is 107 cm³/mol. The topological polar surface area (TPSA) is 120 Å². The van der Waals surface area contributed by atoms with Gasteiger partial charge in [-0.3, -0.25) is 10.1 Å². The molecule has 28 heavy (non-hydrogen) atoms. The number of nitrogens with two attached hydrogens (primary N) is 1. The molecule has 1 aromatic carbocycles. The van der Waals surface area contributed by atoms with Crippen molar-refractivity contribution >= 4 is 17.3 Å². The van der Waals surface area contributed by atoms with Crippen LogP contribution in [0.15, 0.2) is 64.5 Å². The molecule has 0 saturated heterocycles. The lowest BCUT2D eigenvalue weighted by molar-refractivity contribution is -0.556. The smallest absolute Gasteiger partial charge is 0.333 e. The third-order valence-corrected chi connectivity index (χ3v) is 4.54. The molecule has 0 aliphatic heterocycles. The van der Waals surface area contributed by atoms with Crippen molar-refractivity contribution in [2.24, 2.45) is 10.2 Å². The summed E-state index contributed by atoms with van der Waals surface area (Å²) in [5.41, 5.74) is 7.62. The Morgan fingerprint density at radius 2 is 2.18 bits per heavy atom. The van der Waals surface area contributed by atoms with Gasteiger partial charge in [0.15, 0.2) is 0 Å². The number of carbonyl (C=O) groups is 1. The molecule has 1 aliphatic carbocycles. The van der Waals surface area contributed by atoms with E-state index in [2.05, 4.69) is 16.8 Å². The molecule has 0 spiro atoms. The van der Waals surface area contributed by atoms with Crippen LogP contribution in [0.1, 0.15) is 32.3 Å². The normalized spacial score (nSPS) is 18.7. The average molecular weight is 384 g/mol. The van der Waals surface area contributed by atoms with Crippen LogP contribution in [0.5, 0.6) is 0 Å². The first-order valence-corrected chi connectivity index (χ1v) is 8.94. The first-order valence-electron chi connectivity index (χ1n) is 8.94. The second kappa shape index (κ2) is 9.07. The van der Waals surface area contributed by atoms with Gasteiger partial charge in [0, 0.05) is 16.9 Å². The van der Waals surface area contributed by atoms with E-state index < -0.39 is 11.5 Å². The van der Waals surface area contributed by atoms with Gasteiger partial charge in [-0.2, -0.15) is 5.11 Å². The molecule has 1 aromatic rings. The van der Waals surface area contributed by atoms with Gasteiger partial charge in [0.05, 0.1) is 24.4 Å². The minimum atomic E-state index is -1.34. The monoisotopic (exact) mass is 384 g/mol. The zero-order valence-electron chi connectivity index (χ0n) is 16.1. The fraction of sp³-hybridized carbons (Fsp3) is 0.350. The number of ether oxygens (including phenoxy) is 1. The molecule has 0 bridgehead atoms. The number of hydrogen-bond acceptors (Lipinski definition) is 7. The molecule has 0 fully saturated rings. The maximum Gasteiger partial charge on any atom is 0.333 e. The highest BCUT2D eigenvalue weighted by atomic mass is 16.6. The van der Waals surface area contributed by atoms with Gasteiger partial charge in [-0.25, -0.2) is 4.79 Å². The van der Waals surface area contributed by atoms with E-state index in [1.807, 2.05) is 19.1 Å². The molecule has 1 aliphatic rings. The molecular formula is C20H24N4O4. The number of azo groups is 1. The number of anilines is 1. The van der Waals surface area contributed by atoms with Crippen molar-refractivity contribution in [3.05, 3.63) is 70.0 Å². The molecule has 0 radical (unpaired) electrons. The van der Waals surface area contributed by atoms with E-state index in [9.17, 15) is 14.9 Å². The minimum Gasteiger partial charge on any atom is -0.462 e. The molecule has 8 nitrogen and oxygen atoms in total. The van der Waals surface area contributed by atoms with Gasteiger partial charge in [0.25, 0.3) is 0 Å². The fourth-order valence-corrected chi connectivity index (χ4v) is 2.69. The SMILES string of the molecule is C=C(C)C(=O)OCCC1([N+](=O)[O-])C=CC(N=Nc2cccc(CC)c2N)=CC1. The summed E-state index contributed by atoms with van der Waals surface area (Å²) < 4.78 is 5.00. The Kier molecular flexibility index (Phi) is 6.81. The van der Waals surface area contributed by atoms with Gasteiger partial charge < -0.3 is 10.5 Å². The summed E-state index contributed by atoms with van der Waals surface area (Å²) in [6.45, 7) is 6.94. The summed E-state index contributed by atoms with van der Waals surface area (Å²) in [6, 6.07) is 5.56. The second-order valence-corrected chi connectivity index (χ2v) is 6.60. The lowest BCUT2D eigenvalue weighted by Crippen LogP contribution is -2.38. The maximum absolute atomic E-state index is 11.6. The summed E-state index contributed by atoms with van der Waals surface area (Å²) in [5.74, 6) is -0.560. The Balaban J connectivity index is 2.06. The standard InChI is InChI=1S/C20H24N4O4/c1-4-15-6-5-7-17(18(15)21)23-22-16-8-10-20(11-9-16,24(26)27)12-13-28-19(25)14(2)3/h5-10H,2,4,11-13,21H2,1,3H3. The number of allylic oxidation sites excluding steroid dienone is 1. The Morgan fingerprint density at radius 3 is 2.75 bits per heavy atom. The van der Waals surface area contributed by atoms with Crippen molar-refractivity contribution in [1.29, 1.82) is 0 Å². The molecular weight excluding hydrogens is 360 g/mol. The molecule has 148 valence electrons. The highest BCUT2D eigenvalue weighted by Crippen LogP contribution is 2.30. The van der Waals surface area contributed by atoms with E-state index >= 15 is 0 Å². The van der Waals surface area contributed by atoms with E-state index in [0.29, 0.717) is 17.1 Å². The van der Waals surface area contributed by atoms with E-state index in [1.165, 1.54) is 13.0 Å². The number of nitro groups is 1. The van der Waals surface area contributed by atoms with Gasteiger partial charge in [-0.1, -0.05) is 25.6 Å². The van der Waals surface area contributed by atoms with Crippen LogP contribution in [0, 0.1) is 10.1 Å². The number of esters is 1. The second-order valence-electron chi connectivity index (χ2n) is 6.60. The largest absolute Gasteiger partial charge is 0.462 e. The molecule has 1 unspecified atom stereocenters. The number of para-hydroxylation sites is 1. The molecule has 2 N–H and O–H groups in total. The van der Waals surface area contributed by atoms with Crippen LogP contribution in [-0.4, -0.2) is 23.0 Å². The zero-order valence-corrected chi connectivity index (χ0v) is 16.1. The van der Waals surface area contributed by atoms with Crippen LogP contribution in [0.3, 0.4) is 0 Å². The molecule has 0 heterocycles. The lowest BCUT2D eigenvalue weighted by Gasteiger charge is -2.23. The first-order chi connectivity index (χ1) is 13.3. The number of nitrogens with zero attached hydrogens (tertiary/aromatic N) is 3. The quantitative estimate of drug-likeness (QED) is 0.179. The Bertz CT molecular complexity index is 873. The fourth-order valence-electron chi connectivity index (χ4n) is 2.69. The third kappa shape index (κ3) is 4.91. The lowest BCUT2D eigenvalue weighted by atomic mass is 9.88. The van der Waals surface area contributed by atoms with Gasteiger partial charge in [-0.05, 0) is 43.2 Å². The summed E-state index contributed by atoms with van der Waals surface area (Å²) in [4.78, 5) is 22.7. The molecule has 1 atom stereocenters. The zero-order chi connectivity index (χ0) is 20.7. The number of nitrogen functional groups attached to an aromatic ring is 1.